The maximum Gasteiger partial charge on any atom is 0.450 e. The molecule has 30 heavy (non-hydrogen) atoms. The number of hydrogen-bond donors (Lipinski definition) is 3. The Morgan fingerprint density at radius 1 is 1.20 bits per heavy atom. The molecule has 7 nitrogen and oxygen atoms in total. The molecular weight excluding hydrogens is 401 g/mol. The van der Waals surface area contributed by atoms with E-state index in [9.17, 15) is 18.0 Å². The molecule has 0 aliphatic carbocycles. The highest BCUT2D eigenvalue weighted by Gasteiger charge is 2.52. The highest BCUT2D eigenvalue weighted by atomic mass is 19.4. The molecule has 3 N–H and O–H groups in total. The third-order valence-electron chi connectivity index (χ3n) is 4.75. The lowest BCUT2D eigenvalue weighted by Gasteiger charge is -2.29. The maximum absolute atomic E-state index is 13.1. The zero-order chi connectivity index (χ0) is 21.2. The Morgan fingerprint density at radius 3 is 2.60 bits per heavy atom. The van der Waals surface area contributed by atoms with Gasteiger partial charge in [-0.25, -0.2) is 4.98 Å². The minimum absolute atomic E-state index is 0.169. The van der Waals surface area contributed by atoms with Gasteiger partial charge in [-0.3, -0.25) is 4.79 Å². The number of rotatable bonds is 5. The molecule has 1 aromatic carbocycles. The molecule has 0 bridgehead atoms. The van der Waals surface area contributed by atoms with Crippen LogP contribution < -0.4 is 16.0 Å². The Balaban J connectivity index is 1.51. The quantitative estimate of drug-likeness (QED) is 0.690. The van der Waals surface area contributed by atoms with Gasteiger partial charge >= 0.3 is 6.18 Å². The largest absolute Gasteiger partial charge is 0.450 e. The van der Waals surface area contributed by atoms with Crippen LogP contribution in [-0.2, 0) is 20.0 Å². The van der Waals surface area contributed by atoms with Gasteiger partial charge in [-0.2, -0.15) is 13.2 Å². The molecule has 1 fully saturated rings. The van der Waals surface area contributed by atoms with Crippen LogP contribution in [0, 0.1) is 0 Å². The fourth-order valence-corrected chi connectivity index (χ4v) is 3.22. The Bertz CT molecular complexity index is 929. The monoisotopic (exact) mass is 420 g/mol. The summed E-state index contributed by atoms with van der Waals surface area (Å²) in [6.07, 6.45) is -1.79. The summed E-state index contributed by atoms with van der Waals surface area (Å²) in [4.78, 5) is 17.2. The van der Waals surface area contributed by atoms with Crippen molar-refractivity contribution in [1.29, 1.82) is 0 Å². The van der Waals surface area contributed by atoms with E-state index >= 15 is 0 Å². The molecular formula is C20H19F3N4O3. The first-order valence-corrected chi connectivity index (χ1v) is 9.28. The van der Waals surface area contributed by atoms with Gasteiger partial charge in [0.2, 0.25) is 5.76 Å². The number of halogens is 3. The molecule has 1 saturated heterocycles. The highest BCUT2D eigenvalue weighted by molar-refractivity contribution is 5.98. The van der Waals surface area contributed by atoms with Crippen LogP contribution in [0.25, 0.3) is 0 Å². The number of aromatic nitrogens is 1. The van der Waals surface area contributed by atoms with Crippen molar-refractivity contribution in [2.45, 2.75) is 24.4 Å². The number of alkyl halides is 3. The Kier molecular flexibility index (Phi) is 5.25. The maximum atomic E-state index is 13.1. The summed E-state index contributed by atoms with van der Waals surface area (Å²) in [5.41, 5.74) is -1.51. The van der Waals surface area contributed by atoms with Gasteiger partial charge in [0.1, 0.15) is 5.82 Å². The van der Waals surface area contributed by atoms with E-state index < -0.39 is 23.6 Å². The van der Waals surface area contributed by atoms with Gasteiger partial charge in [0, 0.05) is 18.4 Å². The normalized spacial score (nSPS) is 23.3. The summed E-state index contributed by atoms with van der Waals surface area (Å²) in [5.74, 6) is -1.48. The van der Waals surface area contributed by atoms with Gasteiger partial charge in [-0.1, -0.05) is 30.3 Å². The molecule has 0 saturated carbocycles. The Labute approximate surface area is 170 Å². The van der Waals surface area contributed by atoms with E-state index in [0.717, 1.165) is 6.42 Å². The summed E-state index contributed by atoms with van der Waals surface area (Å²) >= 11 is 0. The molecule has 3 heterocycles. The summed E-state index contributed by atoms with van der Waals surface area (Å²) < 4.78 is 49.8. The summed E-state index contributed by atoms with van der Waals surface area (Å²) in [6, 6.07) is 11.4. The molecule has 158 valence electrons. The van der Waals surface area contributed by atoms with E-state index in [-0.39, 0.29) is 11.6 Å². The van der Waals surface area contributed by atoms with E-state index in [1.807, 2.05) is 0 Å². The minimum atomic E-state index is -4.73. The van der Waals surface area contributed by atoms with Gasteiger partial charge < -0.3 is 25.4 Å². The van der Waals surface area contributed by atoms with E-state index in [0.29, 0.717) is 30.9 Å². The molecule has 4 rings (SSSR count). The number of carbonyl (C=O) groups is 1. The molecule has 2 aliphatic rings. The van der Waals surface area contributed by atoms with Crippen molar-refractivity contribution in [1.82, 2.24) is 10.3 Å². The molecule has 1 aromatic heterocycles. The topological polar surface area (TPSA) is 84.5 Å². The second-order valence-electron chi connectivity index (χ2n) is 6.89. The average Bonchev–Trinajstić information content (AvgIpc) is 3.40. The van der Waals surface area contributed by atoms with Crippen molar-refractivity contribution in [3.8, 4) is 0 Å². The molecule has 10 heteroatoms. The van der Waals surface area contributed by atoms with E-state index in [2.05, 4.69) is 20.9 Å². The molecule has 2 atom stereocenters. The zero-order valence-corrected chi connectivity index (χ0v) is 15.7. The number of amides is 1. The van der Waals surface area contributed by atoms with E-state index in [4.69, 9.17) is 9.47 Å². The van der Waals surface area contributed by atoms with Crippen LogP contribution in [0.2, 0.25) is 0 Å². The van der Waals surface area contributed by atoms with E-state index in [1.54, 1.807) is 30.3 Å². The SMILES string of the molecule is O=C(Nc1ccc(NC2CCOC2)nc1)C1(c2ccccc2)NC=C(C(F)(F)F)O1. The van der Waals surface area contributed by atoms with Crippen LogP contribution >= 0.6 is 0 Å². The van der Waals surface area contributed by atoms with Crippen molar-refractivity contribution in [2.24, 2.45) is 0 Å². The van der Waals surface area contributed by atoms with Crippen LogP contribution in [-0.4, -0.2) is 36.3 Å². The molecule has 0 radical (unpaired) electrons. The predicted octanol–water partition coefficient (Wildman–Crippen LogP) is 3.10. The fourth-order valence-electron chi connectivity index (χ4n) is 3.22. The number of carbonyl (C=O) groups excluding carboxylic acids is 1. The van der Waals surface area contributed by atoms with E-state index in [1.165, 1.54) is 18.3 Å². The number of anilines is 2. The summed E-state index contributed by atoms with van der Waals surface area (Å²) in [7, 11) is 0. The zero-order valence-electron chi connectivity index (χ0n) is 15.7. The number of hydrogen-bond acceptors (Lipinski definition) is 6. The van der Waals surface area contributed by atoms with Crippen LogP contribution in [0.5, 0.6) is 0 Å². The lowest BCUT2D eigenvalue weighted by atomic mass is 10.0. The van der Waals surface area contributed by atoms with Gasteiger partial charge in [0.15, 0.2) is 0 Å². The first-order valence-electron chi connectivity index (χ1n) is 9.28. The minimum Gasteiger partial charge on any atom is -0.448 e. The summed E-state index contributed by atoms with van der Waals surface area (Å²) in [6.45, 7) is 1.28. The number of benzene rings is 1. The van der Waals surface area contributed by atoms with Gasteiger partial charge in [-0.05, 0) is 18.6 Å². The van der Waals surface area contributed by atoms with Gasteiger partial charge in [-0.15, -0.1) is 0 Å². The molecule has 2 unspecified atom stereocenters. The van der Waals surface area contributed by atoms with Crippen molar-refractivity contribution >= 4 is 17.4 Å². The predicted molar refractivity (Wildman–Crippen MR) is 102 cm³/mol. The average molecular weight is 420 g/mol. The highest BCUT2D eigenvalue weighted by Crippen LogP contribution is 2.38. The second kappa shape index (κ2) is 7.86. The lowest BCUT2D eigenvalue weighted by molar-refractivity contribution is -0.162. The summed E-state index contributed by atoms with van der Waals surface area (Å²) in [5, 5.41) is 8.25. The number of nitrogens with zero attached hydrogens (tertiary/aromatic N) is 1. The number of pyridine rings is 1. The van der Waals surface area contributed by atoms with Crippen molar-refractivity contribution in [3.05, 3.63) is 66.2 Å². The third-order valence-corrected chi connectivity index (χ3v) is 4.75. The van der Waals surface area contributed by atoms with Crippen molar-refractivity contribution in [2.75, 3.05) is 23.8 Å². The van der Waals surface area contributed by atoms with Gasteiger partial charge in [0.05, 0.1) is 24.5 Å². The van der Waals surface area contributed by atoms with Crippen LogP contribution in [0.1, 0.15) is 12.0 Å². The molecule has 0 spiro atoms. The number of allylic oxidation sites excluding steroid dienone is 1. The van der Waals surface area contributed by atoms with Crippen molar-refractivity contribution < 1.29 is 27.4 Å². The Hall–Kier alpha value is -3.27. The van der Waals surface area contributed by atoms with Gasteiger partial charge in [0.25, 0.3) is 11.6 Å². The standard InChI is InChI=1S/C20H19F3N4O3/c21-20(22,23)16-11-25-19(30-16,13-4-2-1-3-5-13)18(28)27-14-6-7-17(24-10-14)26-15-8-9-29-12-15/h1-7,10-11,15,25H,8-9,12H2,(H,24,26)(H,27,28). The van der Waals surface area contributed by atoms with Crippen molar-refractivity contribution in [3.63, 3.8) is 0 Å². The Morgan fingerprint density at radius 2 is 2.00 bits per heavy atom. The molecule has 2 aromatic rings. The number of ether oxygens (including phenoxy) is 2. The van der Waals surface area contributed by atoms with Crippen LogP contribution in [0.3, 0.4) is 0 Å². The third kappa shape index (κ3) is 4.04. The second-order valence-corrected chi connectivity index (χ2v) is 6.89. The first kappa shape index (κ1) is 20.0. The fraction of sp³-hybridized carbons (Fsp3) is 0.300. The van der Waals surface area contributed by atoms with Crippen LogP contribution in [0.15, 0.2) is 60.6 Å². The molecule has 2 aliphatic heterocycles. The lowest BCUT2D eigenvalue weighted by Crippen LogP contribution is -2.49. The molecule has 1 amide bonds. The number of nitrogens with one attached hydrogen (secondary N) is 3. The van der Waals surface area contributed by atoms with Crippen LogP contribution in [0.4, 0.5) is 24.7 Å². The smallest absolute Gasteiger partial charge is 0.448 e. The first-order chi connectivity index (χ1) is 14.4.